The number of nitrogens with zero attached hydrogens (tertiary/aromatic N) is 2. The number of hydrogen-bond acceptors (Lipinski definition) is 6. The van der Waals surface area contributed by atoms with Gasteiger partial charge in [-0.3, -0.25) is 4.79 Å². The lowest BCUT2D eigenvalue weighted by Crippen LogP contribution is -2.43. The zero-order valence-corrected chi connectivity index (χ0v) is 24.0. The normalized spacial score (nSPS) is 19.1. The van der Waals surface area contributed by atoms with Gasteiger partial charge >= 0.3 is 0 Å². The highest BCUT2D eigenvalue weighted by Gasteiger charge is 2.45. The molecule has 0 saturated carbocycles. The minimum Gasteiger partial charge on any atom is -0.489 e. The fourth-order valence-corrected chi connectivity index (χ4v) is 5.69. The van der Waals surface area contributed by atoms with E-state index in [1.54, 1.807) is 19.2 Å². The second kappa shape index (κ2) is 11.1. The van der Waals surface area contributed by atoms with Crippen molar-refractivity contribution < 1.29 is 14.3 Å². The molecular weight excluding hydrogens is 577 g/mol. The minimum atomic E-state index is -0.649. The van der Waals surface area contributed by atoms with Crippen LogP contribution in [0.25, 0.3) is 0 Å². The van der Waals surface area contributed by atoms with E-state index in [1.165, 1.54) is 0 Å². The number of ether oxygens (including phenoxy) is 2. The number of carbonyl (C=O) groups excluding carboxylic acids is 1. The summed E-state index contributed by atoms with van der Waals surface area (Å²) in [6.07, 6.45) is 1.04. The summed E-state index contributed by atoms with van der Waals surface area (Å²) in [5, 5.41) is 11.2. The van der Waals surface area contributed by atoms with Crippen LogP contribution in [0.2, 0.25) is 10.0 Å². The number of nitrogens with two attached hydrogens (primary N) is 1. The van der Waals surface area contributed by atoms with Gasteiger partial charge in [-0.25, -0.2) is 0 Å². The minimum absolute atomic E-state index is 0.00863. The summed E-state index contributed by atoms with van der Waals surface area (Å²) >= 11 is 15.8. The number of hydrogen-bond donors (Lipinski definition) is 1. The number of ketones is 1. The third-order valence-electron chi connectivity index (χ3n) is 6.67. The molecule has 6 nitrogen and oxygen atoms in total. The first-order valence-corrected chi connectivity index (χ1v) is 13.4. The standard InChI is InChI=1S/C28H28BrCl2N3O3/c1-28(2)12-22-26(23(35)13-28)25(19(14-32)27(33)34(22)8-9-36-3)18-11-17(29)5-7-24(18)37-15-16-4-6-20(30)21(31)10-16/h4-7,10-11,25H,8-9,12-13,15,33H2,1-3H3/t25-/m1/s1. The quantitative estimate of drug-likeness (QED) is 0.377. The van der Waals surface area contributed by atoms with Crippen LogP contribution < -0.4 is 10.5 Å². The van der Waals surface area contributed by atoms with E-state index in [9.17, 15) is 10.1 Å². The van der Waals surface area contributed by atoms with E-state index in [4.69, 9.17) is 38.4 Å². The highest BCUT2D eigenvalue weighted by atomic mass is 79.9. The number of Topliss-reactive ketones (excluding diaryl/α,β-unsaturated/α-hetero) is 1. The van der Waals surface area contributed by atoms with Gasteiger partial charge in [0.25, 0.3) is 0 Å². The van der Waals surface area contributed by atoms with Crippen LogP contribution in [0.15, 0.2) is 63.5 Å². The summed E-state index contributed by atoms with van der Waals surface area (Å²) in [6, 6.07) is 13.2. The van der Waals surface area contributed by atoms with Gasteiger partial charge in [0, 0.05) is 41.4 Å². The Bertz CT molecular complexity index is 1350. The lowest BCUT2D eigenvalue weighted by molar-refractivity contribution is -0.118. The van der Waals surface area contributed by atoms with E-state index >= 15 is 0 Å². The molecule has 1 aliphatic carbocycles. The van der Waals surface area contributed by atoms with Gasteiger partial charge in [-0.15, -0.1) is 0 Å². The molecule has 0 unspecified atom stereocenters. The third kappa shape index (κ3) is 5.68. The molecule has 0 aromatic heterocycles. The van der Waals surface area contributed by atoms with E-state index in [-0.39, 0.29) is 17.8 Å². The molecule has 0 radical (unpaired) electrons. The van der Waals surface area contributed by atoms with Crippen molar-refractivity contribution in [3.05, 3.63) is 84.7 Å². The molecule has 0 bridgehead atoms. The summed E-state index contributed by atoms with van der Waals surface area (Å²) < 4.78 is 12.3. The summed E-state index contributed by atoms with van der Waals surface area (Å²) in [5.41, 5.74) is 9.68. The molecule has 0 fully saturated rings. The molecule has 2 aliphatic rings. The fourth-order valence-electron chi connectivity index (χ4n) is 4.99. The van der Waals surface area contributed by atoms with Gasteiger partial charge in [-0.05, 0) is 47.7 Å². The third-order valence-corrected chi connectivity index (χ3v) is 7.90. The predicted octanol–water partition coefficient (Wildman–Crippen LogP) is 6.72. The summed E-state index contributed by atoms with van der Waals surface area (Å²) in [4.78, 5) is 15.6. The number of carbonyl (C=O) groups is 1. The van der Waals surface area contributed by atoms with Crippen LogP contribution in [-0.2, 0) is 16.1 Å². The second-order valence-corrected chi connectivity index (χ2v) is 11.7. The summed E-state index contributed by atoms with van der Waals surface area (Å²) in [5.74, 6) is 0.247. The number of halogens is 3. The Hall–Kier alpha value is -2.50. The van der Waals surface area contributed by atoms with Crippen molar-refractivity contribution in [2.45, 2.75) is 39.2 Å². The van der Waals surface area contributed by atoms with Crippen molar-refractivity contribution in [3.8, 4) is 11.8 Å². The zero-order valence-electron chi connectivity index (χ0n) is 20.9. The molecule has 1 heterocycles. The highest BCUT2D eigenvalue weighted by molar-refractivity contribution is 9.10. The van der Waals surface area contributed by atoms with Crippen molar-refractivity contribution in [1.29, 1.82) is 5.26 Å². The molecule has 0 spiro atoms. The molecule has 2 aromatic carbocycles. The Labute approximate surface area is 235 Å². The SMILES string of the molecule is COCCN1C(N)=C(C#N)[C@@H](c2cc(Br)ccc2OCc2ccc(Cl)c(Cl)c2)C2=C1CC(C)(C)CC2=O. The fraction of sp³-hybridized carbons (Fsp3) is 0.357. The van der Waals surface area contributed by atoms with E-state index in [1.807, 2.05) is 29.2 Å². The van der Waals surface area contributed by atoms with Crippen LogP contribution in [0, 0.1) is 16.7 Å². The number of allylic oxidation sites excluding steroid dienone is 3. The van der Waals surface area contributed by atoms with Crippen LogP contribution in [0.1, 0.15) is 43.7 Å². The van der Waals surface area contributed by atoms with Crippen LogP contribution in [0.5, 0.6) is 5.75 Å². The molecule has 2 N–H and O–H groups in total. The van der Waals surface area contributed by atoms with E-state index in [0.29, 0.717) is 64.3 Å². The lowest BCUT2D eigenvalue weighted by atomic mass is 9.68. The maximum atomic E-state index is 13.7. The molecule has 2 aromatic rings. The van der Waals surface area contributed by atoms with Gasteiger partial charge in [0.1, 0.15) is 18.2 Å². The molecule has 1 aliphatic heterocycles. The molecule has 37 heavy (non-hydrogen) atoms. The van der Waals surface area contributed by atoms with Crippen LogP contribution in [0.3, 0.4) is 0 Å². The Morgan fingerprint density at radius 2 is 1.95 bits per heavy atom. The molecule has 0 amide bonds. The van der Waals surface area contributed by atoms with Crippen LogP contribution >= 0.6 is 39.1 Å². The first kappa shape index (κ1) is 27.5. The second-order valence-electron chi connectivity index (χ2n) is 10.0. The molecule has 4 rings (SSSR count). The molecule has 0 saturated heterocycles. The Morgan fingerprint density at radius 3 is 2.62 bits per heavy atom. The number of nitriles is 1. The maximum absolute atomic E-state index is 13.7. The Morgan fingerprint density at radius 1 is 1.19 bits per heavy atom. The van der Waals surface area contributed by atoms with Gasteiger partial charge in [0.2, 0.25) is 0 Å². The van der Waals surface area contributed by atoms with Gasteiger partial charge in [0.15, 0.2) is 5.78 Å². The summed E-state index contributed by atoms with van der Waals surface area (Å²) in [7, 11) is 1.61. The van der Waals surface area contributed by atoms with Crippen LogP contribution in [-0.4, -0.2) is 30.9 Å². The molecule has 194 valence electrons. The number of benzene rings is 2. The van der Waals surface area contributed by atoms with E-state index in [0.717, 1.165) is 15.7 Å². The lowest BCUT2D eigenvalue weighted by Gasteiger charge is -2.44. The smallest absolute Gasteiger partial charge is 0.162 e. The van der Waals surface area contributed by atoms with Crippen LogP contribution in [0.4, 0.5) is 0 Å². The van der Waals surface area contributed by atoms with E-state index in [2.05, 4.69) is 35.8 Å². The Balaban J connectivity index is 1.83. The molecule has 1 atom stereocenters. The first-order chi connectivity index (χ1) is 17.6. The highest BCUT2D eigenvalue weighted by Crippen LogP contribution is 2.50. The zero-order chi connectivity index (χ0) is 26.9. The summed E-state index contributed by atoms with van der Waals surface area (Å²) in [6.45, 7) is 5.23. The van der Waals surface area contributed by atoms with E-state index < -0.39 is 5.92 Å². The molecule has 9 heteroatoms. The van der Waals surface area contributed by atoms with Gasteiger partial charge in [-0.2, -0.15) is 5.26 Å². The van der Waals surface area contributed by atoms with Crippen molar-refractivity contribution >= 4 is 44.9 Å². The number of rotatable bonds is 7. The average molecular weight is 605 g/mol. The maximum Gasteiger partial charge on any atom is 0.162 e. The molecular formula is C28H28BrCl2N3O3. The van der Waals surface area contributed by atoms with Gasteiger partial charge < -0.3 is 20.1 Å². The van der Waals surface area contributed by atoms with Gasteiger partial charge in [0.05, 0.1) is 34.2 Å². The van der Waals surface area contributed by atoms with Crippen molar-refractivity contribution in [3.63, 3.8) is 0 Å². The van der Waals surface area contributed by atoms with Crippen molar-refractivity contribution in [2.75, 3.05) is 20.3 Å². The van der Waals surface area contributed by atoms with Crippen molar-refractivity contribution in [1.82, 2.24) is 4.90 Å². The number of methoxy groups -OCH3 is 1. The first-order valence-electron chi connectivity index (χ1n) is 11.8. The van der Waals surface area contributed by atoms with Gasteiger partial charge in [-0.1, -0.05) is 59.0 Å². The predicted molar refractivity (Wildman–Crippen MR) is 148 cm³/mol. The average Bonchev–Trinajstić information content (AvgIpc) is 2.83. The monoisotopic (exact) mass is 603 g/mol. The topological polar surface area (TPSA) is 88.6 Å². The Kier molecular flexibility index (Phi) is 8.25. The largest absolute Gasteiger partial charge is 0.489 e. The van der Waals surface area contributed by atoms with Crippen molar-refractivity contribution in [2.24, 2.45) is 11.1 Å².